The summed E-state index contributed by atoms with van der Waals surface area (Å²) in [5.74, 6) is 0. The average molecular weight is 147 g/mol. The zero-order valence-corrected chi connectivity index (χ0v) is 4.85. The average Bonchev–Trinajstić information content (AvgIpc) is 1.33. The third-order valence-electron chi connectivity index (χ3n) is 0. The summed E-state index contributed by atoms with van der Waals surface area (Å²) in [5.41, 5.74) is 0. The lowest BCUT2D eigenvalue weighted by Crippen LogP contribution is -1.33. The minimum Gasteiger partial charge on any atom is -0.216 e. The van der Waals surface area contributed by atoms with E-state index in [2.05, 4.69) is 13.2 Å². The number of hydrogen-bond donors (Lipinski definition) is 0. The minimum atomic E-state index is -1.83. The van der Waals surface area contributed by atoms with Gasteiger partial charge in [0.2, 0.25) is 0 Å². The van der Waals surface area contributed by atoms with Crippen LogP contribution in [0.5, 0.6) is 0 Å². The predicted octanol–water partition coefficient (Wildman–Crippen LogP) is 2.92. The molecule has 0 nitrogen and oxygen atoms in total. The van der Waals surface area contributed by atoms with Crippen LogP contribution in [0.1, 0.15) is 0 Å². The molecule has 0 N–H and O–H groups in total. The van der Waals surface area contributed by atoms with Crippen LogP contribution in [0.25, 0.3) is 0 Å². The van der Waals surface area contributed by atoms with Gasteiger partial charge in [-0.3, -0.25) is 0 Å². The van der Waals surface area contributed by atoms with Gasteiger partial charge in [-0.25, -0.2) is 4.39 Å². The Balaban J connectivity index is -0.0000000575. The molecule has 0 bridgehead atoms. The number of hydrogen-bond acceptors (Lipinski definition) is 0. The molecule has 0 saturated heterocycles. The Morgan fingerprint density at radius 2 is 1.38 bits per heavy atom. The van der Waals surface area contributed by atoms with Gasteiger partial charge in [0.15, 0.2) is 0 Å². The van der Waals surface area contributed by atoms with E-state index in [1.54, 1.807) is 0 Å². The van der Waals surface area contributed by atoms with Crippen molar-refractivity contribution in [3.8, 4) is 0 Å². The molecule has 0 spiro atoms. The van der Waals surface area contributed by atoms with Crippen LogP contribution in [0.15, 0.2) is 25.6 Å². The molecule has 0 unspecified atom stereocenters. The van der Waals surface area contributed by atoms with E-state index >= 15 is 0 Å². The second-order valence-corrected chi connectivity index (χ2v) is 0.493. The van der Waals surface area contributed by atoms with Crippen LogP contribution in [-0.2, 0) is 0 Å². The maximum Gasteiger partial charge on any atom is 0.263 e. The fraction of sp³-hybridized carbons (Fsp3) is 0. The molecule has 0 aromatic heterocycles. The lowest BCUT2D eigenvalue weighted by Gasteiger charge is -1.54. The molecule has 0 aliphatic carbocycles. The highest BCUT2D eigenvalue weighted by Crippen LogP contribution is 1.85. The molecule has 0 heterocycles. The zero-order chi connectivity index (χ0) is 6.28. The van der Waals surface area contributed by atoms with Gasteiger partial charge in [0.25, 0.3) is 6.08 Å². The molecule has 0 atom stereocenters. The van der Waals surface area contributed by atoms with E-state index in [1.807, 2.05) is 0 Å². The van der Waals surface area contributed by atoms with Crippen molar-refractivity contribution in [2.24, 2.45) is 0 Å². The minimum absolute atomic E-state index is 0. The van der Waals surface area contributed by atoms with E-state index in [-0.39, 0.29) is 18.7 Å². The zero-order valence-electron chi connectivity index (χ0n) is 4.03. The van der Waals surface area contributed by atoms with Crippen molar-refractivity contribution in [1.29, 1.82) is 0 Å². The molecule has 0 aromatic carbocycles. The first-order chi connectivity index (χ1) is 3.15. The van der Waals surface area contributed by atoms with E-state index in [0.717, 1.165) is 0 Å². The molecule has 0 aliphatic rings. The molecular weight excluding hydrogens is 140 g/mol. The highest BCUT2D eigenvalue weighted by molar-refractivity contribution is 5.85. The topological polar surface area (TPSA) is 0 Å². The summed E-state index contributed by atoms with van der Waals surface area (Å²) in [7, 11) is 0. The first-order valence-corrected chi connectivity index (χ1v) is 1.36. The van der Waals surface area contributed by atoms with Crippen LogP contribution >= 0.6 is 12.4 Å². The van der Waals surface area contributed by atoms with Crippen molar-refractivity contribution in [2.45, 2.75) is 0 Å². The second kappa shape index (κ2) is 16.0. The standard InChI is InChI=1S/C2H2F2.C2H3F.ClH/c1-2(3)4;1-2-3;/h1H2;2H,1H2;1H. The Bertz CT molecular complexity index is 58.3. The van der Waals surface area contributed by atoms with Gasteiger partial charge in [0.05, 0.1) is 6.33 Å². The van der Waals surface area contributed by atoms with Crippen molar-refractivity contribution >= 4 is 12.4 Å². The largest absolute Gasteiger partial charge is 0.263 e. The van der Waals surface area contributed by atoms with Crippen molar-refractivity contribution in [1.82, 2.24) is 0 Å². The normalized spacial score (nSPS) is 4.88. The van der Waals surface area contributed by atoms with E-state index in [4.69, 9.17) is 0 Å². The molecule has 0 aliphatic heterocycles. The SMILES string of the molecule is C=C(F)F.C=CF.Cl. The highest BCUT2D eigenvalue weighted by atomic mass is 35.5. The summed E-state index contributed by atoms with van der Waals surface area (Å²) < 4.78 is 30.3. The lowest BCUT2D eigenvalue weighted by atomic mass is 11.2. The monoisotopic (exact) mass is 146 g/mol. The van der Waals surface area contributed by atoms with Crippen molar-refractivity contribution in [3.05, 3.63) is 25.6 Å². The fourth-order valence-electron chi connectivity index (χ4n) is 0. The van der Waals surface area contributed by atoms with Gasteiger partial charge in [-0.05, 0) is 6.58 Å². The van der Waals surface area contributed by atoms with Gasteiger partial charge in [-0.1, -0.05) is 6.58 Å². The maximum atomic E-state index is 10.1. The van der Waals surface area contributed by atoms with Crippen LogP contribution < -0.4 is 0 Å². The number of halogens is 4. The van der Waals surface area contributed by atoms with Crippen LogP contribution in [0.3, 0.4) is 0 Å². The molecule has 50 valence electrons. The summed E-state index contributed by atoms with van der Waals surface area (Å²) in [6.07, 6.45) is -1.58. The van der Waals surface area contributed by atoms with Gasteiger partial charge in [0, 0.05) is 0 Å². The van der Waals surface area contributed by atoms with Gasteiger partial charge in [0.1, 0.15) is 0 Å². The van der Waals surface area contributed by atoms with Crippen molar-refractivity contribution < 1.29 is 13.2 Å². The molecule has 8 heavy (non-hydrogen) atoms. The molecule has 4 heteroatoms. The number of rotatable bonds is 0. The molecule has 0 radical (unpaired) electrons. The third-order valence-corrected chi connectivity index (χ3v) is 0. The summed E-state index contributed by atoms with van der Waals surface area (Å²) in [6.45, 7) is 4.92. The Kier molecular flexibility index (Phi) is 31.3. The van der Waals surface area contributed by atoms with Gasteiger partial charge in [-0.2, -0.15) is 8.78 Å². The van der Waals surface area contributed by atoms with Gasteiger partial charge >= 0.3 is 0 Å². The fourth-order valence-corrected chi connectivity index (χ4v) is 0. The Morgan fingerprint density at radius 1 is 1.38 bits per heavy atom. The van der Waals surface area contributed by atoms with Crippen LogP contribution in [0.4, 0.5) is 13.2 Å². The molecule has 0 aromatic rings. The molecule has 0 amide bonds. The quantitative estimate of drug-likeness (QED) is 0.493. The molecular formula is C4H6ClF3. The van der Waals surface area contributed by atoms with Crippen molar-refractivity contribution in [2.75, 3.05) is 0 Å². The molecule has 0 fully saturated rings. The van der Waals surface area contributed by atoms with E-state index in [1.165, 1.54) is 0 Å². The Morgan fingerprint density at radius 3 is 1.38 bits per heavy atom. The first-order valence-electron chi connectivity index (χ1n) is 1.36. The predicted molar refractivity (Wildman–Crippen MR) is 29.9 cm³/mol. The van der Waals surface area contributed by atoms with Crippen LogP contribution in [-0.4, -0.2) is 0 Å². The van der Waals surface area contributed by atoms with E-state index in [0.29, 0.717) is 0 Å². The van der Waals surface area contributed by atoms with E-state index < -0.39 is 6.08 Å². The first kappa shape index (κ1) is 15.6. The Hall–Kier alpha value is -0.440. The molecule has 0 rings (SSSR count). The smallest absolute Gasteiger partial charge is 0.216 e. The lowest BCUT2D eigenvalue weighted by molar-refractivity contribution is 0.426. The van der Waals surface area contributed by atoms with Crippen molar-refractivity contribution in [3.63, 3.8) is 0 Å². The molecule has 0 saturated carbocycles. The maximum absolute atomic E-state index is 10.1. The van der Waals surface area contributed by atoms with Gasteiger partial charge < -0.3 is 0 Å². The summed E-state index contributed by atoms with van der Waals surface area (Å²) in [5, 5.41) is 0. The van der Waals surface area contributed by atoms with Crippen LogP contribution in [0, 0.1) is 0 Å². The van der Waals surface area contributed by atoms with Crippen LogP contribution in [0.2, 0.25) is 0 Å². The second-order valence-electron chi connectivity index (χ2n) is 0.493. The van der Waals surface area contributed by atoms with E-state index in [9.17, 15) is 13.2 Å². The summed E-state index contributed by atoms with van der Waals surface area (Å²) >= 11 is 0. The summed E-state index contributed by atoms with van der Waals surface area (Å²) in [4.78, 5) is 0. The Labute approximate surface area is 52.1 Å². The summed E-state index contributed by atoms with van der Waals surface area (Å²) in [6, 6.07) is 0. The van der Waals surface area contributed by atoms with Gasteiger partial charge in [-0.15, -0.1) is 12.4 Å². The third kappa shape index (κ3) is 597. The highest BCUT2D eigenvalue weighted by Gasteiger charge is 1.65.